The molecular formula is C19H19BrN2O5S2. The first-order valence-corrected chi connectivity index (χ1v) is 11.4. The van der Waals surface area contributed by atoms with Crippen molar-refractivity contribution in [1.82, 2.24) is 10.2 Å². The first-order valence-electron chi connectivity index (χ1n) is 8.57. The molecule has 0 radical (unpaired) electrons. The Morgan fingerprint density at radius 1 is 1.17 bits per heavy atom. The van der Waals surface area contributed by atoms with Gasteiger partial charge in [0.15, 0.2) is 10.7 Å². The molecule has 1 aliphatic heterocycles. The summed E-state index contributed by atoms with van der Waals surface area (Å²) >= 11 is 8.74. The highest BCUT2D eigenvalue weighted by Gasteiger charge is 2.51. The van der Waals surface area contributed by atoms with E-state index in [2.05, 4.69) is 21.2 Å². The molecule has 154 valence electrons. The van der Waals surface area contributed by atoms with Crippen molar-refractivity contribution in [3.05, 3.63) is 64.1 Å². The number of benzene rings is 2. The number of amides is 1. The maximum atomic E-state index is 13.3. The molecule has 3 rings (SSSR count). The number of nitrogens with one attached hydrogen (secondary N) is 1. The summed E-state index contributed by atoms with van der Waals surface area (Å²) in [5.41, 5.74) is -0.139. The molecule has 1 aliphatic rings. The van der Waals surface area contributed by atoms with Crippen LogP contribution in [-0.4, -0.2) is 50.9 Å². The molecule has 7 nitrogen and oxygen atoms in total. The molecule has 0 spiro atoms. The Bertz CT molecular complexity index is 1060. The number of carbonyl (C=O) groups is 1. The summed E-state index contributed by atoms with van der Waals surface area (Å²) in [5.74, 6) is -0.461. The number of likely N-dealkylation sites (N-methyl/N-ethyl adjacent to an activating group) is 1. The number of halogens is 1. The van der Waals surface area contributed by atoms with E-state index in [1.807, 2.05) is 18.2 Å². The summed E-state index contributed by atoms with van der Waals surface area (Å²) < 4.78 is 35.1. The fraction of sp³-hybridized carbons (Fsp3) is 0.263. The van der Waals surface area contributed by atoms with Crippen LogP contribution in [0.4, 0.5) is 0 Å². The second-order valence-electron chi connectivity index (χ2n) is 6.42. The van der Waals surface area contributed by atoms with Gasteiger partial charge in [0.2, 0.25) is 0 Å². The molecule has 1 saturated heterocycles. The first-order chi connectivity index (χ1) is 13.7. The van der Waals surface area contributed by atoms with Gasteiger partial charge >= 0.3 is 10.1 Å². The van der Waals surface area contributed by atoms with Crippen molar-refractivity contribution in [2.45, 2.75) is 5.54 Å². The van der Waals surface area contributed by atoms with E-state index in [1.165, 1.54) is 24.1 Å². The zero-order valence-corrected chi connectivity index (χ0v) is 18.9. The fourth-order valence-corrected chi connectivity index (χ4v) is 4.56. The number of methoxy groups -OCH3 is 1. The second-order valence-corrected chi connectivity index (χ2v) is 9.41. The Labute approximate surface area is 183 Å². The van der Waals surface area contributed by atoms with Gasteiger partial charge in [-0.05, 0) is 47.6 Å². The van der Waals surface area contributed by atoms with Crippen molar-refractivity contribution >= 4 is 49.3 Å². The normalized spacial score (nSPS) is 19.3. The minimum absolute atomic E-state index is 0.0170. The highest BCUT2D eigenvalue weighted by Crippen LogP contribution is 2.38. The van der Waals surface area contributed by atoms with E-state index in [9.17, 15) is 13.2 Å². The standard InChI is InChI=1S/C19H19BrN2O5S2/c1-22-17(23)19(21-18(22)28,13-5-3-7-15(20)11-13)14-6-4-8-16(12-14)27-29(24,25)10-9-26-2/h3-8,11-12H,9-10H2,1-2H3,(H,21,28). The highest BCUT2D eigenvalue weighted by atomic mass is 79.9. The molecule has 0 saturated carbocycles. The Morgan fingerprint density at radius 3 is 2.41 bits per heavy atom. The van der Waals surface area contributed by atoms with Crippen molar-refractivity contribution in [2.24, 2.45) is 0 Å². The number of ether oxygens (including phenoxy) is 1. The number of hydrogen-bond donors (Lipinski definition) is 1. The van der Waals surface area contributed by atoms with Gasteiger partial charge in [-0.2, -0.15) is 8.42 Å². The van der Waals surface area contributed by atoms with Gasteiger partial charge in [-0.15, -0.1) is 0 Å². The molecule has 2 aromatic carbocycles. The van der Waals surface area contributed by atoms with Gasteiger partial charge in [0.05, 0.1) is 6.61 Å². The van der Waals surface area contributed by atoms with Gasteiger partial charge < -0.3 is 14.2 Å². The predicted molar refractivity (Wildman–Crippen MR) is 116 cm³/mol. The Balaban J connectivity index is 2.09. The molecule has 1 atom stereocenters. The highest BCUT2D eigenvalue weighted by molar-refractivity contribution is 9.10. The lowest BCUT2D eigenvalue weighted by molar-refractivity contribution is -0.129. The minimum Gasteiger partial charge on any atom is -0.383 e. The number of thiocarbonyl (C=S) groups is 1. The van der Waals surface area contributed by atoms with E-state index in [0.717, 1.165) is 4.47 Å². The minimum atomic E-state index is -3.84. The molecule has 10 heteroatoms. The molecule has 0 bridgehead atoms. The number of nitrogens with zero attached hydrogens (tertiary/aromatic N) is 1. The van der Waals surface area contributed by atoms with Gasteiger partial charge in [0, 0.05) is 18.6 Å². The van der Waals surface area contributed by atoms with Crippen molar-refractivity contribution in [3.8, 4) is 5.75 Å². The van der Waals surface area contributed by atoms with E-state index < -0.39 is 15.7 Å². The van der Waals surface area contributed by atoms with Crippen molar-refractivity contribution in [3.63, 3.8) is 0 Å². The van der Waals surface area contributed by atoms with Crippen LogP contribution in [0.1, 0.15) is 11.1 Å². The Kier molecular flexibility index (Phi) is 6.27. The van der Waals surface area contributed by atoms with Crippen molar-refractivity contribution in [2.75, 3.05) is 26.5 Å². The predicted octanol–water partition coefficient (Wildman–Crippen LogP) is 2.39. The average molecular weight is 499 g/mol. The molecule has 1 unspecified atom stereocenters. The van der Waals surface area contributed by atoms with E-state index >= 15 is 0 Å². The van der Waals surface area contributed by atoms with Crippen LogP contribution in [0.25, 0.3) is 0 Å². The van der Waals surface area contributed by atoms with Crippen LogP contribution in [0.3, 0.4) is 0 Å². The van der Waals surface area contributed by atoms with Gasteiger partial charge in [-0.1, -0.05) is 40.2 Å². The maximum absolute atomic E-state index is 13.3. The van der Waals surface area contributed by atoms with Crippen LogP contribution in [0.2, 0.25) is 0 Å². The number of carbonyl (C=O) groups excluding carboxylic acids is 1. The lowest BCUT2D eigenvalue weighted by Gasteiger charge is -2.28. The van der Waals surface area contributed by atoms with Crippen LogP contribution in [0.15, 0.2) is 53.0 Å². The smallest absolute Gasteiger partial charge is 0.311 e. The summed E-state index contributed by atoms with van der Waals surface area (Å²) in [5, 5.41) is 3.39. The molecule has 29 heavy (non-hydrogen) atoms. The molecule has 1 heterocycles. The monoisotopic (exact) mass is 498 g/mol. The molecular weight excluding hydrogens is 480 g/mol. The molecule has 1 fully saturated rings. The van der Waals surface area contributed by atoms with Gasteiger partial charge in [0.25, 0.3) is 5.91 Å². The zero-order valence-electron chi connectivity index (χ0n) is 15.7. The summed E-state index contributed by atoms with van der Waals surface area (Å²) in [4.78, 5) is 14.6. The van der Waals surface area contributed by atoms with Crippen molar-refractivity contribution in [1.29, 1.82) is 0 Å². The van der Waals surface area contributed by atoms with Gasteiger partial charge in [0.1, 0.15) is 11.5 Å². The zero-order chi connectivity index (χ0) is 21.2. The summed E-state index contributed by atoms with van der Waals surface area (Å²) in [6, 6.07) is 13.7. The summed E-state index contributed by atoms with van der Waals surface area (Å²) in [6.45, 7) is 0.0170. The quantitative estimate of drug-likeness (QED) is 0.463. The molecule has 2 aromatic rings. The van der Waals surface area contributed by atoms with Crippen LogP contribution >= 0.6 is 28.1 Å². The fourth-order valence-electron chi connectivity index (χ4n) is 3.08. The Hall–Kier alpha value is -2.01. The van der Waals surface area contributed by atoms with E-state index in [4.69, 9.17) is 21.1 Å². The second kappa shape index (κ2) is 8.39. The molecule has 0 aliphatic carbocycles. The Morgan fingerprint density at radius 2 is 1.83 bits per heavy atom. The molecule has 1 amide bonds. The maximum Gasteiger partial charge on any atom is 0.311 e. The third-order valence-corrected chi connectivity index (χ3v) is 6.49. The SMILES string of the molecule is COCCS(=O)(=O)Oc1cccc(C2(c3cccc(Br)c3)NC(=S)N(C)C2=O)c1. The molecule has 0 aromatic heterocycles. The lowest BCUT2D eigenvalue weighted by atomic mass is 9.82. The van der Waals surface area contributed by atoms with E-state index in [1.54, 1.807) is 25.2 Å². The van der Waals surface area contributed by atoms with Crippen LogP contribution in [0.5, 0.6) is 5.75 Å². The van der Waals surface area contributed by atoms with Crippen LogP contribution in [0, 0.1) is 0 Å². The topological polar surface area (TPSA) is 84.9 Å². The van der Waals surface area contributed by atoms with Crippen LogP contribution in [-0.2, 0) is 25.2 Å². The first kappa shape index (κ1) is 21.7. The lowest BCUT2D eigenvalue weighted by Crippen LogP contribution is -2.45. The summed E-state index contributed by atoms with van der Waals surface area (Å²) in [7, 11) is -0.836. The van der Waals surface area contributed by atoms with E-state index in [0.29, 0.717) is 11.1 Å². The number of hydrogen-bond acceptors (Lipinski definition) is 6. The number of rotatable bonds is 7. The average Bonchev–Trinajstić information content (AvgIpc) is 2.91. The third-order valence-electron chi connectivity index (χ3n) is 4.51. The van der Waals surface area contributed by atoms with Gasteiger partial charge in [-0.25, -0.2) is 0 Å². The largest absolute Gasteiger partial charge is 0.383 e. The van der Waals surface area contributed by atoms with Crippen LogP contribution < -0.4 is 9.50 Å². The van der Waals surface area contributed by atoms with E-state index in [-0.39, 0.29) is 29.1 Å². The summed E-state index contributed by atoms with van der Waals surface area (Å²) in [6.07, 6.45) is 0. The van der Waals surface area contributed by atoms with Gasteiger partial charge in [-0.3, -0.25) is 9.69 Å². The third kappa shape index (κ3) is 4.30. The van der Waals surface area contributed by atoms with Crippen molar-refractivity contribution < 1.29 is 22.1 Å². The molecule has 1 N–H and O–H groups in total.